The van der Waals surface area contributed by atoms with Crippen LogP contribution < -0.4 is 5.32 Å². The second-order valence-electron chi connectivity index (χ2n) is 5.51. The zero-order valence-corrected chi connectivity index (χ0v) is 10.9. The Bertz CT molecular complexity index is 332. The molecule has 1 saturated carbocycles. The van der Waals surface area contributed by atoms with Crippen LogP contribution in [0.1, 0.15) is 39.0 Å². The number of amides is 2. The number of urea groups is 1. The molecule has 0 radical (unpaired) electrons. The number of likely N-dealkylation sites (tertiary alicyclic amines) is 1. The molecule has 5 heteroatoms. The van der Waals surface area contributed by atoms with Gasteiger partial charge in [-0.25, -0.2) is 4.79 Å². The molecule has 0 bridgehead atoms. The van der Waals surface area contributed by atoms with Crippen LogP contribution in [0.2, 0.25) is 0 Å². The predicted molar refractivity (Wildman–Crippen MR) is 67.3 cm³/mol. The first-order chi connectivity index (χ1) is 8.59. The highest BCUT2D eigenvalue weighted by molar-refractivity contribution is 5.75. The standard InChI is InChI=1S/C13H22N2O3/c1-9-4-3-7-15(9)13(18)14-8-10-5-2-6-11(10)12(16)17/h9-11H,2-8H2,1H3,(H,14,18)(H,16,17). The highest BCUT2D eigenvalue weighted by Crippen LogP contribution is 2.31. The summed E-state index contributed by atoms with van der Waals surface area (Å²) in [6.45, 7) is 3.38. The van der Waals surface area contributed by atoms with Gasteiger partial charge >= 0.3 is 12.0 Å². The van der Waals surface area contributed by atoms with Gasteiger partial charge in [0.1, 0.15) is 0 Å². The molecule has 0 aromatic rings. The minimum absolute atomic E-state index is 0.0314. The van der Waals surface area contributed by atoms with E-state index >= 15 is 0 Å². The summed E-state index contributed by atoms with van der Waals surface area (Å²) in [5.41, 5.74) is 0. The summed E-state index contributed by atoms with van der Waals surface area (Å²) in [7, 11) is 0. The number of carbonyl (C=O) groups is 2. The summed E-state index contributed by atoms with van der Waals surface area (Å²) in [4.78, 5) is 24.9. The predicted octanol–water partition coefficient (Wildman–Crippen LogP) is 1.68. The Morgan fingerprint density at radius 1 is 1.28 bits per heavy atom. The van der Waals surface area contributed by atoms with Crippen molar-refractivity contribution < 1.29 is 14.7 Å². The van der Waals surface area contributed by atoms with Crippen molar-refractivity contribution in [3.05, 3.63) is 0 Å². The van der Waals surface area contributed by atoms with Crippen LogP contribution in [0.25, 0.3) is 0 Å². The Morgan fingerprint density at radius 3 is 2.67 bits per heavy atom. The third-order valence-electron chi connectivity index (χ3n) is 4.31. The largest absolute Gasteiger partial charge is 0.481 e. The maximum Gasteiger partial charge on any atom is 0.317 e. The monoisotopic (exact) mass is 254 g/mol. The fraction of sp³-hybridized carbons (Fsp3) is 0.846. The van der Waals surface area contributed by atoms with Gasteiger partial charge < -0.3 is 15.3 Å². The summed E-state index contributed by atoms with van der Waals surface area (Å²) in [5, 5.41) is 12.0. The zero-order chi connectivity index (χ0) is 13.1. The molecule has 102 valence electrons. The van der Waals surface area contributed by atoms with Gasteiger partial charge in [-0.2, -0.15) is 0 Å². The lowest BCUT2D eigenvalue weighted by Gasteiger charge is -2.24. The van der Waals surface area contributed by atoms with Crippen molar-refractivity contribution in [3.63, 3.8) is 0 Å². The molecule has 3 atom stereocenters. The van der Waals surface area contributed by atoms with Gasteiger partial charge in [0.25, 0.3) is 0 Å². The molecule has 2 fully saturated rings. The molecule has 0 aromatic carbocycles. The van der Waals surface area contributed by atoms with Gasteiger partial charge in [-0.3, -0.25) is 4.79 Å². The molecule has 2 rings (SSSR count). The van der Waals surface area contributed by atoms with Crippen molar-refractivity contribution in [2.24, 2.45) is 11.8 Å². The van der Waals surface area contributed by atoms with Crippen molar-refractivity contribution in [1.82, 2.24) is 10.2 Å². The summed E-state index contributed by atoms with van der Waals surface area (Å²) in [5.74, 6) is -0.896. The minimum Gasteiger partial charge on any atom is -0.481 e. The lowest BCUT2D eigenvalue weighted by molar-refractivity contribution is -0.142. The molecule has 18 heavy (non-hydrogen) atoms. The van der Waals surface area contributed by atoms with E-state index in [0.29, 0.717) is 12.6 Å². The van der Waals surface area contributed by atoms with Gasteiger partial charge in [0.2, 0.25) is 0 Å². The zero-order valence-electron chi connectivity index (χ0n) is 10.9. The van der Waals surface area contributed by atoms with Crippen LogP contribution in [0.3, 0.4) is 0 Å². The molecule has 1 aliphatic carbocycles. The number of nitrogens with one attached hydrogen (secondary N) is 1. The van der Waals surface area contributed by atoms with Crippen molar-refractivity contribution in [1.29, 1.82) is 0 Å². The first-order valence-corrected chi connectivity index (χ1v) is 6.87. The maximum atomic E-state index is 12.0. The lowest BCUT2D eigenvalue weighted by atomic mass is 9.96. The van der Waals surface area contributed by atoms with E-state index in [4.69, 9.17) is 5.11 Å². The topological polar surface area (TPSA) is 69.6 Å². The maximum absolute atomic E-state index is 12.0. The normalized spacial score (nSPS) is 31.6. The second-order valence-corrected chi connectivity index (χ2v) is 5.51. The number of rotatable bonds is 3. The molecular formula is C13H22N2O3. The van der Waals surface area contributed by atoms with Crippen LogP contribution in [0, 0.1) is 11.8 Å². The third-order valence-corrected chi connectivity index (χ3v) is 4.31. The van der Waals surface area contributed by atoms with Crippen LogP contribution >= 0.6 is 0 Å². The Kier molecular flexibility index (Phi) is 4.09. The van der Waals surface area contributed by atoms with Crippen molar-refractivity contribution in [3.8, 4) is 0 Å². The van der Waals surface area contributed by atoms with Crippen molar-refractivity contribution in [2.45, 2.75) is 45.1 Å². The number of carboxylic acid groups (broad SMARTS) is 1. The Morgan fingerprint density at radius 2 is 2.06 bits per heavy atom. The van der Waals surface area contributed by atoms with Gasteiger partial charge in [-0.15, -0.1) is 0 Å². The van der Waals surface area contributed by atoms with Gasteiger partial charge in [0.05, 0.1) is 5.92 Å². The number of hydrogen-bond donors (Lipinski definition) is 2. The number of carbonyl (C=O) groups excluding carboxylic acids is 1. The van der Waals surface area contributed by atoms with Crippen LogP contribution in [-0.4, -0.2) is 41.1 Å². The molecular weight excluding hydrogens is 232 g/mol. The molecule has 5 nitrogen and oxygen atoms in total. The van der Waals surface area contributed by atoms with E-state index < -0.39 is 5.97 Å². The summed E-state index contributed by atoms with van der Waals surface area (Å²) in [6, 6.07) is 0.278. The van der Waals surface area contributed by atoms with E-state index in [0.717, 1.165) is 38.6 Å². The average molecular weight is 254 g/mol. The Labute approximate surface area is 108 Å². The number of aliphatic carboxylic acids is 1. The average Bonchev–Trinajstić information content (AvgIpc) is 2.94. The molecule has 0 aromatic heterocycles. The van der Waals surface area contributed by atoms with Crippen LogP contribution in [0.4, 0.5) is 4.79 Å². The van der Waals surface area contributed by atoms with Gasteiger partial charge in [0, 0.05) is 19.1 Å². The number of carboxylic acids is 1. The van der Waals surface area contributed by atoms with Crippen LogP contribution in [-0.2, 0) is 4.79 Å². The Balaban J connectivity index is 1.80. The van der Waals surface area contributed by atoms with E-state index in [1.54, 1.807) is 0 Å². The van der Waals surface area contributed by atoms with E-state index in [-0.39, 0.29) is 17.9 Å². The van der Waals surface area contributed by atoms with Crippen molar-refractivity contribution in [2.75, 3.05) is 13.1 Å². The molecule has 1 heterocycles. The molecule has 2 amide bonds. The van der Waals surface area contributed by atoms with Crippen LogP contribution in [0.5, 0.6) is 0 Å². The number of hydrogen-bond acceptors (Lipinski definition) is 2. The summed E-state index contributed by atoms with van der Waals surface area (Å²) in [6.07, 6.45) is 4.74. The van der Waals surface area contributed by atoms with Gasteiger partial charge in [-0.1, -0.05) is 6.42 Å². The third kappa shape index (κ3) is 2.76. The van der Waals surface area contributed by atoms with Crippen LogP contribution in [0.15, 0.2) is 0 Å². The van der Waals surface area contributed by atoms with E-state index in [9.17, 15) is 9.59 Å². The quantitative estimate of drug-likeness (QED) is 0.805. The second kappa shape index (κ2) is 5.59. The molecule has 0 spiro atoms. The summed E-state index contributed by atoms with van der Waals surface area (Å²) >= 11 is 0. The summed E-state index contributed by atoms with van der Waals surface area (Å²) < 4.78 is 0. The Hall–Kier alpha value is -1.26. The molecule has 2 N–H and O–H groups in total. The van der Waals surface area contributed by atoms with E-state index in [1.807, 2.05) is 4.90 Å². The van der Waals surface area contributed by atoms with Gasteiger partial charge in [-0.05, 0) is 38.5 Å². The molecule has 2 aliphatic rings. The molecule has 3 unspecified atom stereocenters. The first kappa shape index (κ1) is 13.2. The highest BCUT2D eigenvalue weighted by atomic mass is 16.4. The lowest BCUT2D eigenvalue weighted by Crippen LogP contribution is -2.44. The molecule has 1 saturated heterocycles. The fourth-order valence-corrected chi connectivity index (χ4v) is 3.16. The number of nitrogens with zero attached hydrogens (tertiary/aromatic N) is 1. The molecule has 1 aliphatic heterocycles. The van der Waals surface area contributed by atoms with Crippen molar-refractivity contribution >= 4 is 12.0 Å². The first-order valence-electron chi connectivity index (χ1n) is 6.87. The highest BCUT2D eigenvalue weighted by Gasteiger charge is 2.33. The van der Waals surface area contributed by atoms with E-state index in [1.165, 1.54) is 0 Å². The SMILES string of the molecule is CC1CCCN1C(=O)NCC1CCCC1C(=O)O. The van der Waals surface area contributed by atoms with E-state index in [2.05, 4.69) is 12.2 Å². The van der Waals surface area contributed by atoms with Gasteiger partial charge in [0.15, 0.2) is 0 Å². The smallest absolute Gasteiger partial charge is 0.317 e. The minimum atomic E-state index is -0.721. The fourth-order valence-electron chi connectivity index (χ4n) is 3.16.